The fraction of sp³-hybridized carbons (Fsp3) is 0.323. The lowest BCUT2D eigenvalue weighted by Crippen LogP contribution is -2.48. The van der Waals surface area contributed by atoms with Crippen LogP contribution in [0.4, 0.5) is 4.39 Å². The summed E-state index contributed by atoms with van der Waals surface area (Å²) in [5.74, 6) is -1.23. The normalized spacial score (nSPS) is 20.7. The predicted octanol–water partition coefficient (Wildman–Crippen LogP) is 4.57. The Hall–Kier alpha value is -3.63. The number of carbonyl (C=O) groups excluding carboxylic acids is 1. The van der Waals surface area contributed by atoms with Crippen molar-refractivity contribution in [1.29, 1.82) is 0 Å². The fourth-order valence-corrected chi connectivity index (χ4v) is 5.46. The summed E-state index contributed by atoms with van der Waals surface area (Å²) in [6, 6.07) is 13.1. The minimum atomic E-state index is -1.73. The Morgan fingerprint density at radius 1 is 1.12 bits per heavy atom. The number of aliphatic hydroxyl groups is 2. The standard InChI is InChI=1S/C31H30ClFN4O4/c1-19-4-9-24(34-14-19)17-37-28(38)25-12-21(29(2,39)22-15-35-36(3)16-22)13-26(33)27(25)31(37,41-18-30(40)10-11-30)20-5-7-23(32)8-6-20/h4-9,12-16,39-40H,10-11,17-18H2,1-3H3/t29?,31-/m1/s1. The second-order valence-electron chi connectivity index (χ2n) is 11.2. The number of amides is 1. The Labute approximate surface area is 242 Å². The maximum absolute atomic E-state index is 16.5. The first-order valence-electron chi connectivity index (χ1n) is 13.3. The van der Waals surface area contributed by atoms with Gasteiger partial charge in [-0.3, -0.25) is 19.4 Å². The van der Waals surface area contributed by atoms with E-state index in [1.807, 2.05) is 19.1 Å². The summed E-state index contributed by atoms with van der Waals surface area (Å²) in [5, 5.41) is 26.9. The number of nitrogens with zero attached hydrogens (tertiary/aromatic N) is 4. The Kier molecular flexibility index (Phi) is 6.54. The number of hydrogen-bond acceptors (Lipinski definition) is 6. The molecule has 0 bridgehead atoms. The van der Waals surface area contributed by atoms with Crippen LogP contribution in [0.3, 0.4) is 0 Å². The van der Waals surface area contributed by atoms with Crippen LogP contribution in [0.2, 0.25) is 5.02 Å². The van der Waals surface area contributed by atoms with Gasteiger partial charge in [0, 0.05) is 35.6 Å². The number of pyridine rings is 1. The van der Waals surface area contributed by atoms with Gasteiger partial charge in [0.05, 0.1) is 41.8 Å². The smallest absolute Gasteiger partial charge is 0.257 e. The van der Waals surface area contributed by atoms with Gasteiger partial charge in [0.1, 0.15) is 11.4 Å². The first kappa shape index (κ1) is 27.5. The summed E-state index contributed by atoms with van der Waals surface area (Å²) >= 11 is 6.22. The largest absolute Gasteiger partial charge is 0.387 e. The van der Waals surface area contributed by atoms with Crippen LogP contribution in [0.5, 0.6) is 0 Å². The number of aromatic nitrogens is 3. The molecule has 1 aliphatic heterocycles. The van der Waals surface area contributed by atoms with E-state index in [9.17, 15) is 15.0 Å². The molecule has 0 spiro atoms. The molecule has 0 saturated heterocycles. The lowest BCUT2D eigenvalue weighted by atomic mass is 9.85. The van der Waals surface area contributed by atoms with Gasteiger partial charge in [-0.2, -0.15) is 5.10 Å². The van der Waals surface area contributed by atoms with Gasteiger partial charge in [-0.15, -0.1) is 0 Å². The molecule has 2 atom stereocenters. The van der Waals surface area contributed by atoms with Crippen molar-refractivity contribution in [3.8, 4) is 0 Å². The van der Waals surface area contributed by atoms with Gasteiger partial charge in [0.15, 0.2) is 5.72 Å². The Bertz CT molecular complexity index is 1630. The predicted molar refractivity (Wildman–Crippen MR) is 149 cm³/mol. The summed E-state index contributed by atoms with van der Waals surface area (Å²) in [7, 11) is 1.72. The van der Waals surface area contributed by atoms with Gasteiger partial charge < -0.3 is 14.9 Å². The first-order chi connectivity index (χ1) is 19.4. The highest BCUT2D eigenvalue weighted by atomic mass is 35.5. The molecule has 10 heteroatoms. The Balaban J connectivity index is 1.56. The summed E-state index contributed by atoms with van der Waals surface area (Å²) in [6.45, 7) is 3.33. The molecule has 8 nitrogen and oxygen atoms in total. The number of benzene rings is 2. The second-order valence-corrected chi connectivity index (χ2v) is 11.7. The van der Waals surface area contributed by atoms with E-state index < -0.39 is 28.7 Å². The van der Waals surface area contributed by atoms with E-state index in [2.05, 4.69) is 10.1 Å². The minimum absolute atomic E-state index is 0.00260. The average Bonchev–Trinajstić information content (AvgIpc) is 3.42. The Morgan fingerprint density at radius 3 is 2.46 bits per heavy atom. The van der Waals surface area contributed by atoms with Crippen molar-refractivity contribution in [2.75, 3.05) is 6.61 Å². The van der Waals surface area contributed by atoms with Crippen LogP contribution in [0, 0.1) is 12.7 Å². The number of aryl methyl sites for hydroxylation is 2. The maximum atomic E-state index is 16.5. The van der Waals surface area contributed by atoms with E-state index in [1.54, 1.807) is 43.7 Å². The molecule has 1 saturated carbocycles. The summed E-state index contributed by atoms with van der Waals surface area (Å²) in [5.41, 5.74) is -1.73. The molecule has 0 radical (unpaired) electrons. The number of ether oxygens (including phenoxy) is 1. The van der Waals surface area contributed by atoms with Crippen molar-refractivity contribution in [3.05, 3.63) is 117 Å². The second kappa shape index (κ2) is 9.73. The third-order valence-corrected chi connectivity index (χ3v) is 8.27. The van der Waals surface area contributed by atoms with Gasteiger partial charge in [-0.25, -0.2) is 4.39 Å². The maximum Gasteiger partial charge on any atom is 0.257 e. The van der Waals surface area contributed by atoms with Crippen LogP contribution in [0.1, 0.15) is 63.6 Å². The van der Waals surface area contributed by atoms with Crippen LogP contribution in [0.15, 0.2) is 67.1 Å². The van der Waals surface area contributed by atoms with E-state index in [1.165, 1.54) is 34.8 Å². The molecule has 2 aliphatic rings. The van der Waals surface area contributed by atoms with Gasteiger partial charge in [0.2, 0.25) is 0 Å². The molecule has 212 valence electrons. The molecule has 1 aliphatic carbocycles. The third kappa shape index (κ3) is 4.72. The van der Waals surface area contributed by atoms with Gasteiger partial charge in [-0.1, -0.05) is 29.8 Å². The highest BCUT2D eigenvalue weighted by molar-refractivity contribution is 6.30. The summed E-state index contributed by atoms with van der Waals surface area (Å²) in [6.07, 6.45) is 5.92. The SMILES string of the molecule is Cc1ccc(CN2C(=O)c3cc(C(C)(O)c4cnn(C)c4)cc(F)c3[C@]2(OCC2(O)CC2)c2ccc(Cl)cc2)nc1. The molecule has 1 fully saturated rings. The number of carbonyl (C=O) groups is 1. The quantitative estimate of drug-likeness (QED) is 0.319. The molecule has 2 aromatic heterocycles. The van der Waals surface area contributed by atoms with Crippen molar-refractivity contribution in [2.24, 2.45) is 7.05 Å². The zero-order valence-electron chi connectivity index (χ0n) is 22.9. The molecule has 6 rings (SSSR count). The lowest BCUT2D eigenvalue weighted by molar-refractivity contribution is -0.139. The molecule has 41 heavy (non-hydrogen) atoms. The highest BCUT2D eigenvalue weighted by Crippen LogP contribution is 2.50. The molecule has 1 unspecified atom stereocenters. The van der Waals surface area contributed by atoms with Crippen molar-refractivity contribution >= 4 is 17.5 Å². The zero-order chi connectivity index (χ0) is 29.2. The van der Waals surface area contributed by atoms with Crippen molar-refractivity contribution < 1.29 is 24.1 Å². The molecular formula is C31H30ClFN4O4. The van der Waals surface area contributed by atoms with Crippen molar-refractivity contribution in [1.82, 2.24) is 19.7 Å². The highest BCUT2D eigenvalue weighted by Gasteiger charge is 2.56. The molecule has 1 amide bonds. The third-order valence-electron chi connectivity index (χ3n) is 8.02. The lowest BCUT2D eigenvalue weighted by Gasteiger charge is -2.40. The van der Waals surface area contributed by atoms with E-state index in [4.69, 9.17) is 16.3 Å². The van der Waals surface area contributed by atoms with Crippen LogP contribution in [0.25, 0.3) is 0 Å². The molecule has 2 N–H and O–H groups in total. The van der Waals surface area contributed by atoms with Gasteiger partial charge >= 0.3 is 0 Å². The van der Waals surface area contributed by atoms with E-state index >= 15 is 4.39 Å². The van der Waals surface area contributed by atoms with Gasteiger partial charge in [0.25, 0.3) is 5.91 Å². The van der Waals surface area contributed by atoms with Crippen LogP contribution in [-0.2, 0) is 29.7 Å². The topological polar surface area (TPSA) is 101 Å². The average molecular weight is 577 g/mol. The fourth-order valence-electron chi connectivity index (χ4n) is 5.34. The monoisotopic (exact) mass is 576 g/mol. The van der Waals surface area contributed by atoms with Crippen LogP contribution in [-0.4, -0.2) is 48.0 Å². The van der Waals surface area contributed by atoms with Crippen LogP contribution < -0.4 is 0 Å². The number of halogens is 2. The van der Waals surface area contributed by atoms with E-state index in [-0.39, 0.29) is 29.8 Å². The number of fused-ring (bicyclic) bond motifs is 1. The number of hydrogen-bond donors (Lipinski definition) is 2. The number of rotatable bonds is 8. The summed E-state index contributed by atoms with van der Waals surface area (Å²) in [4.78, 5) is 20.2. The van der Waals surface area contributed by atoms with E-state index in [0.29, 0.717) is 34.7 Å². The molecular weight excluding hydrogens is 547 g/mol. The molecule has 3 heterocycles. The van der Waals surface area contributed by atoms with Crippen molar-refractivity contribution in [3.63, 3.8) is 0 Å². The van der Waals surface area contributed by atoms with Crippen LogP contribution >= 0.6 is 11.6 Å². The minimum Gasteiger partial charge on any atom is -0.387 e. The summed E-state index contributed by atoms with van der Waals surface area (Å²) < 4.78 is 24.6. The molecule has 4 aromatic rings. The van der Waals surface area contributed by atoms with Gasteiger partial charge in [-0.05, 0) is 68.1 Å². The zero-order valence-corrected chi connectivity index (χ0v) is 23.7. The first-order valence-corrected chi connectivity index (χ1v) is 13.7. The Morgan fingerprint density at radius 2 is 1.85 bits per heavy atom. The van der Waals surface area contributed by atoms with E-state index in [0.717, 1.165) is 5.56 Å². The molecule has 2 aromatic carbocycles. The van der Waals surface area contributed by atoms with Crippen molar-refractivity contribution in [2.45, 2.75) is 50.2 Å².